The predicted molar refractivity (Wildman–Crippen MR) is 127 cm³/mol. The van der Waals surface area contributed by atoms with E-state index in [0.717, 1.165) is 28.0 Å². The average molecular weight is 502 g/mol. The summed E-state index contributed by atoms with van der Waals surface area (Å²) in [5.41, 5.74) is 8.92. The monoisotopic (exact) mass is 501 g/mol. The summed E-state index contributed by atoms with van der Waals surface area (Å²) in [5.74, 6) is -0.963. The third kappa shape index (κ3) is 5.12. The first-order valence-corrected chi connectivity index (χ1v) is 12.3. The van der Waals surface area contributed by atoms with Crippen molar-refractivity contribution >= 4 is 38.9 Å². The number of primary amides is 1. The van der Waals surface area contributed by atoms with Gasteiger partial charge in [-0.15, -0.1) is 11.3 Å². The van der Waals surface area contributed by atoms with Crippen LogP contribution in [0, 0.1) is 5.82 Å². The van der Waals surface area contributed by atoms with Crippen LogP contribution in [0.25, 0.3) is 22.4 Å². The first-order chi connectivity index (χ1) is 15.6. The number of sulfonamides is 1. The van der Waals surface area contributed by atoms with Crippen LogP contribution in [0.5, 0.6) is 0 Å². The Bertz CT molecular complexity index is 1450. The highest BCUT2D eigenvalue weighted by molar-refractivity contribution is 7.89. The molecule has 0 spiro atoms. The van der Waals surface area contributed by atoms with Gasteiger partial charge in [0.2, 0.25) is 10.0 Å². The molecular formula is C23H17ClFN3O3S2. The van der Waals surface area contributed by atoms with Gasteiger partial charge in [-0.3, -0.25) is 4.79 Å². The molecule has 0 fully saturated rings. The Morgan fingerprint density at radius 2 is 1.58 bits per heavy atom. The fraction of sp³-hybridized carbons (Fsp3) is 0.0435. The summed E-state index contributed by atoms with van der Waals surface area (Å²) in [7, 11) is -3.84. The Kier molecular flexibility index (Phi) is 6.31. The van der Waals surface area contributed by atoms with E-state index in [2.05, 4.69) is 4.98 Å². The number of amides is 1. The van der Waals surface area contributed by atoms with E-state index < -0.39 is 15.9 Å². The number of thiazole rings is 1. The van der Waals surface area contributed by atoms with Crippen LogP contribution < -0.4 is 10.9 Å². The van der Waals surface area contributed by atoms with Crippen LogP contribution in [0.2, 0.25) is 5.02 Å². The van der Waals surface area contributed by atoms with Gasteiger partial charge >= 0.3 is 0 Å². The van der Waals surface area contributed by atoms with E-state index >= 15 is 0 Å². The molecule has 0 aliphatic heterocycles. The van der Waals surface area contributed by atoms with E-state index in [-0.39, 0.29) is 15.6 Å². The predicted octanol–water partition coefficient (Wildman–Crippen LogP) is 4.61. The third-order valence-corrected chi connectivity index (χ3v) is 7.28. The maximum atomic E-state index is 13.3. The minimum Gasteiger partial charge on any atom is -0.365 e. The lowest BCUT2D eigenvalue weighted by Gasteiger charge is -2.07. The summed E-state index contributed by atoms with van der Waals surface area (Å²) in [4.78, 5) is 16.8. The average Bonchev–Trinajstić information content (AvgIpc) is 3.20. The first-order valence-electron chi connectivity index (χ1n) is 9.59. The quantitative estimate of drug-likeness (QED) is 0.401. The largest absolute Gasteiger partial charge is 0.365 e. The molecule has 168 valence electrons. The van der Waals surface area contributed by atoms with E-state index in [0.29, 0.717) is 27.7 Å². The molecule has 0 bridgehead atoms. The number of aromatic nitrogens is 1. The number of primary sulfonamides is 1. The van der Waals surface area contributed by atoms with Gasteiger partial charge in [0, 0.05) is 17.0 Å². The number of hydrogen-bond donors (Lipinski definition) is 2. The zero-order valence-electron chi connectivity index (χ0n) is 17.0. The van der Waals surface area contributed by atoms with Gasteiger partial charge in [-0.05, 0) is 53.1 Å². The summed E-state index contributed by atoms with van der Waals surface area (Å²) >= 11 is 7.54. The molecule has 1 amide bonds. The molecule has 3 aromatic carbocycles. The van der Waals surface area contributed by atoms with Gasteiger partial charge in [-0.2, -0.15) is 0 Å². The molecule has 6 nitrogen and oxygen atoms in total. The van der Waals surface area contributed by atoms with Crippen molar-refractivity contribution in [2.75, 3.05) is 0 Å². The summed E-state index contributed by atoms with van der Waals surface area (Å²) in [6, 6.07) is 17.4. The highest BCUT2D eigenvalue weighted by Crippen LogP contribution is 2.32. The Morgan fingerprint density at radius 1 is 0.970 bits per heavy atom. The first kappa shape index (κ1) is 23.1. The fourth-order valence-corrected chi connectivity index (χ4v) is 4.96. The number of nitrogens with two attached hydrogens (primary N) is 2. The number of carbonyl (C=O) groups excluding carboxylic acids is 1. The lowest BCUT2D eigenvalue weighted by atomic mass is 10.0. The second kappa shape index (κ2) is 9.03. The summed E-state index contributed by atoms with van der Waals surface area (Å²) in [5, 5.41) is 6.27. The van der Waals surface area contributed by atoms with Gasteiger partial charge < -0.3 is 5.73 Å². The van der Waals surface area contributed by atoms with Crippen LogP contribution in [0.15, 0.2) is 71.6 Å². The molecule has 0 atom stereocenters. The second-order valence-corrected chi connectivity index (χ2v) is 10.3. The van der Waals surface area contributed by atoms with Crippen molar-refractivity contribution in [2.45, 2.75) is 11.3 Å². The molecule has 1 aromatic heterocycles. The maximum absolute atomic E-state index is 13.3. The Hall–Kier alpha value is -3.11. The van der Waals surface area contributed by atoms with Gasteiger partial charge in [-0.1, -0.05) is 41.9 Å². The zero-order valence-corrected chi connectivity index (χ0v) is 19.3. The van der Waals surface area contributed by atoms with Crippen molar-refractivity contribution < 1.29 is 17.6 Å². The molecule has 4 N–H and O–H groups in total. The smallest absolute Gasteiger partial charge is 0.261 e. The van der Waals surface area contributed by atoms with E-state index in [4.69, 9.17) is 22.5 Å². The maximum Gasteiger partial charge on any atom is 0.261 e. The van der Waals surface area contributed by atoms with E-state index in [1.54, 1.807) is 18.2 Å². The normalized spacial score (nSPS) is 11.5. The van der Waals surface area contributed by atoms with Crippen molar-refractivity contribution in [3.05, 3.63) is 93.0 Å². The summed E-state index contributed by atoms with van der Waals surface area (Å²) in [6.07, 6.45) is 0.341. The summed E-state index contributed by atoms with van der Waals surface area (Å²) in [6.45, 7) is 0. The molecule has 0 saturated carbocycles. The molecule has 4 aromatic rings. The van der Waals surface area contributed by atoms with Crippen molar-refractivity contribution in [1.82, 2.24) is 4.98 Å². The second-order valence-electron chi connectivity index (χ2n) is 7.21. The number of hydrogen-bond acceptors (Lipinski definition) is 5. The summed E-state index contributed by atoms with van der Waals surface area (Å²) < 4.78 is 36.3. The Morgan fingerprint density at radius 3 is 2.18 bits per heavy atom. The van der Waals surface area contributed by atoms with Crippen LogP contribution in [0.1, 0.15) is 20.2 Å². The number of rotatable bonds is 6. The minimum atomic E-state index is -3.84. The molecular weight excluding hydrogens is 485 g/mol. The van der Waals surface area contributed by atoms with Crippen molar-refractivity contribution in [2.24, 2.45) is 10.9 Å². The molecule has 1 heterocycles. The molecule has 33 heavy (non-hydrogen) atoms. The van der Waals surface area contributed by atoms with Gasteiger partial charge in [0.25, 0.3) is 5.91 Å². The van der Waals surface area contributed by atoms with Gasteiger partial charge in [-0.25, -0.2) is 22.9 Å². The number of halogens is 2. The van der Waals surface area contributed by atoms with Crippen LogP contribution in [-0.4, -0.2) is 19.3 Å². The molecule has 0 radical (unpaired) electrons. The van der Waals surface area contributed by atoms with Gasteiger partial charge in [0.05, 0.1) is 15.6 Å². The lowest BCUT2D eigenvalue weighted by molar-refractivity contribution is 0.100. The number of nitrogens with zero attached hydrogens (tertiary/aromatic N) is 1. The molecule has 10 heteroatoms. The van der Waals surface area contributed by atoms with Gasteiger partial charge in [0.15, 0.2) is 0 Å². The third-order valence-electron chi connectivity index (χ3n) is 4.92. The SMILES string of the molecule is NC(=O)c1sc(Cc2cc(-c3ccc(F)cc3)ccc2Cl)nc1-c1ccc(S(N)(=O)=O)cc1. The lowest BCUT2D eigenvalue weighted by Crippen LogP contribution is -2.12. The van der Waals surface area contributed by atoms with Crippen molar-refractivity contribution in [3.8, 4) is 22.4 Å². The van der Waals surface area contributed by atoms with E-state index in [9.17, 15) is 17.6 Å². The zero-order chi connectivity index (χ0) is 23.8. The van der Waals surface area contributed by atoms with Crippen LogP contribution in [0.4, 0.5) is 4.39 Å². The standard InChI is InChI=1S/C23H17ClFN3O3S2/c24-19-10-5-15(13-1-6-17(25)7-2-13)11-16(19)12-20-28-21(22(32-20)23(26)29)14-3-8-18(9-4-14)33(27,30)31/h1-11H,12H2,(H2,26,29)(H2,27,30,31). The highest BCUT2D eigenvalue weighted by Gasteiger charge is 2.19. The van der Waals surface area contributed by atoms with E-state index in [1.165, 1.54) is 36.4 Å². The topological polar surface area (TPSA) is 116 Å². The minimum absolute atomic E-state index is 0.0493. The number of carbonyl (C=O) groups is 1. The van der Waals surface area contributed by atoms with Crippen LogP contribution in [-0.2, 0) is 16.4 Å². The van der Waals surface area contributed by atoms with E-state index in [1.807, 2.05) is 12.1 Å². The van der Waals surface area contributed by atoms with Crippen molar-refractivity contribution in [3.63, 3.8) is 0 Å². The van der Waals surface area contributed by atoms with Crippen LogP contribution >= 0.6 is 22.9 Å². The number of benzene rings is 3. The van der Waals surface area contributed by atoms with Gasteiger partial charge in [0.1, 0.15) is 10.7 Å². The molecule has 0 aliphatic rings. The molecule has 4 rings (SSSR count). The Balaban J connectivity index is 1.69. The van der Waals surface area contributed by atoms with Crippen molar-refractivity contribution in [1.29, 1.82) is 0 Å². The molecule has 0 aliphatic carbocycles. The van der Waals surface area contributed by atoms with Crippen LogP contribution in [0.3, 0.4) is 0 Å². The molecule has 0 saturated heterocycles. The highest BCUT2D eigenvalue weighted by atomic mass is 35.5. The Labute approximate surface area is 198 Å². The molecule has 0 unspecified atom stereocenters. The fourth-order valence-electron chi connectivity index (χ4n) is 3.30.